The maximum atomic E-state index is 12.4. The van der Waals surface area contributed by atoms with Crippen molar-refractivity contribution in [3.05, 3.63) is 20.9 Å². The van der Waals surface area contributed by atoms with Gasteiger partial charge in [0.25, 0.3) is 5.91 Å². The summed E-state index contributed by atoms with van der Waals surface area (Å²) in [6.07, 6.45) is 2.94. The number of hydrogen-bond acceptors (Lipinski definition) is 5. The Morgan fingerprint density at radius 3 is 2.38 bits per heavy atom. The lowest BCUT2D eigenvalue weighted by atomic mass is 9.97. The van der Waals surface area contributed by atoms with Gasteiger partial charge in [0.05, 0.1) is 10.7 Å². The molecule has 1 amide bonds. The molecule has 1 aliphatic rings. The van der Waals surface area contributed by atoms with E-state index in [0.29, 0.717) is 0 Å². The quantitative estimate of drug-likeness (QED) is 0.625. The van der Waals surface area contributed by atoms with E-state index in [0.717, 1.165) is 19.3 Å². The van der Waals surface area contributed by atoms with Crippen LogP contribution in [0.1, 0.15) is 43.6 Å². The second-order valence-electron chi connectivity index (χ2n) is 5.80. The van der Waals surface area contributed by atoms with Crippen LogP contribution in [0.2, 0.25) is 15.2 Å². The van der Waals surface area contributed by atoms with E-state index < -0.39 is 12.6 Å². The number of hydrogen-bond donors (Lipinski definition) is 1. The minimum atomic E-state index is -0.879. The van der Waals surface area contributed by atoms with Crippen LogP contribution in [0.5, 0.6) is 0 Å². The number of carbonyl (C=O) groups is 2. The normalized spacial score (nSPS) is 20.8. The van der Waals surface area contributed by atoms with Gasteiger partial charge in [0, 0.05) is 12.1 Å². The Kier molecular flexibility index (Phi) is 6.17. The number of esters is 1. The van der Waals surface area contributed by atoms with Gasteiger partial charge in [-0.2, -0.15) is 0 Å². The predicted octanol–water partition coefficient (Wildman–Crippen LogP) is 3.57. The third-order valence-corrected chi connectivity index (χ3v) is 5.21. The van der Waals surface area contributed by atoms with E-state index in [1.807, 2.05) is 13.8 Å². The highest BCUT2D eigenvalue weighted by Gasteiger charge is 2.30. The van der Waals surface area contributed by atoms with Crippen molar-refractivity contribution in [2.24, 2.45) is 0 Å². The Hall–Kier alpha value is -1.24. The third kappa shape index (κ3) is 3.87. The van der Waals surface area contributed by atoms with Gasteiger partial charge in [0.2, 0.25) is 0 Å². The molecule has 0 aromatic carbocycles. The largest absolute Gasteiger partial charge is 0.451 e. The van der Waals surface area contributed by atoms with Gasteiger partial charge < -0.3 is 15.4 Å². The number of piperidine rings is 1. The molecule has 0 aliphatic carbocycles. The van der Waals surface area contributed by atoms with Crippen LogP contribution in [0.25, 0.3) is 0 Å². The summed E-state index contributed by atoms with van der Waals surface area (Å²) < 4.78 is 5.04. The summed E-state index contributed by atoms with van der Waals surface area (Å²) in [6.45, 7) is 3.56. The number of likely N-dealkylation sites (tertiary alicyclic amines) is 1. The number of amides is 1. The van der Waals surface area contributed by atoms with E-state index >= 15 is 0 Å². The molecule has 1 saturated heterocycles. The van der Waals surface area contributed by atoms with E-state index in [1.54, 1.807) is 4.90 Å². The van der Waals surface area contributed by atoms with E-state index in [-0.39, 0.29) is 44.6 Å². The molecule has 0 unspecified atom stereocenters. The van der Waals surface area contributed by atoms with Gasteiger partial charge in [-0.05, 0) is 33.1 Å². The number of carbonyl (C=O) groups excluding carboxylic acids is 2. The molecule has 1 aromatic rings. The zero-order chi connectivity index (χ0) is 18.0. The Morgan fingerprint density at radius 2 is 1.79 bits per heavy atom. The Labute approximate surface area is 155 Å². The molecular weight excluding hydrogens is 377 g/mol. The molecule has 24 heavy (non-hydrogen) atoms. The molecule has 0 spiro atoms. The predicted molar refractivity (Wildman–Crippen MR) is 93.6 cm³/mol. The van der Waals surface area contributed by atoms with E-state index in [1.165, 1.54) is 0 Å². The van der Waals surface area contributed by atoms with Crippen LogP contribution >= 0.6 is 34.8 Å². The smallest absolute Gasteiger partial charge is 0.359 e. The van der Waals surface area contributed by atoms with E-state index in [2.05, 4.69) is 4.98 Å². The summed E-state index contributed by atoms with van der Waals surface area (Å²) in [4.78, 5) is 30.0. The van der Waals surface area contributed by atoms with Gasteiger partial charge in [-0.15, -0.1) is 0 Å². The van der Waals surface area contributed by atoms with Crippen LogP contribution in [-0.4, -0.2) is 40.5 Å². The highest BCUT2D eigenvalue weighted by Crippen LogP contribution is 2.34. The fourth-order valence-corrected chi connectivity index (χ4v) is 3.44. The molecule has 6 nitrogen and oxygen atoms in total. The number of halogens is 3. The van der Waals surface area contributed by atoms with Crippen LogP contribution in [-0.2, 0) is 9.53 Å². The van der Waals surface area contributed by atoms with E-state index in [9.17, 15) is 9.59 Å². The number of nitrogens with two attached hydrogens (primary N) is 1. The van der Waals surface area contributed by atoms with Gasteiger partial charge in [-0.25, -0.2) is 9.78 Å². The van der Waals surface area contributed by atoms with E-state index in [4.69, 9.17) is 45.3 Å². The summed E-state index contributed by atoms with van der Waals surface area (Å²) in [5, 5.41) is -0.345. The summed E-state index contributed by atoms with van der Waals surface area (Å²) in [5.41, 5.74) is 5.33. The van der Waals surface area contributed by atoms with Crippen LogP contribution < -0.4 is 5.73 Å². The highest BCUT2D eigenvalue weighted by molar-refractivity contribution is 6.46. The Balaban J connectivity index is 2.07. The number of nitrogens with zero attached hydrogens (tertiary/aromatic N) is 2. The highest BCUT2D eigenvalue weighted by atomic mass is 35.5. The van der Waals surface area contributed by atoms with Crippen LogP contribution in [0.15, 0.2) is 0 Å². The molecule has 1 fully saturated rings. The second-order valence-corrected chi connectivity index (χ2v) is 6.91. The van der Waals surface area contributed by atoms with Crippen molar-refractivity contribution < 1.29 is 14.3 Å². The molecule has 2 N–H and O–H groups in total. The molecule has 0 radical (unpaired) electrons. The van der Waals surface area contributed by atoms with Gasteiger partial charge >= 0.3 is 5.97 Å². The van der Waals surface area contributed by atoms with Crippen molar-refractivity contribution in [2.75, 3.05) is 12.3 Å². The van der Waals surface area contributed by atoms with Crippen molar-refractivity contribution in [3.63, 3.8) is 0 Å². The minimum absolute atomic E-state index is 0.0368. The van der Waals surface area contributed by atoms with Crippen molar-refractivity contribution in [1.82, 2.24) is 9.88 Å². The Morgan fingerprint density at radius 1 is 1.21 bits per heavy atom. The second kappa shape index (κ2) is 7.76. The van der Waals surface area contributed by atoms with Crippen molar-refractivity contribution in [1.29, 1.82) is 0 Å². The lowest BCUT2D eigenvalue weighted by molar-refractivity contribution is -0.140. The first-order valence-corrected chi connectivity index (χ1v) is 8.65. The number of rotatable bonds is 3. The van der Waals surface area contributed by atoms with Gasteiger partial charge in [-0.3, -0.25) is 4.79 Å². The first kappa shape index (κ1) is 19.1. The molecule has 0 saturated carbocycles. The molecule has 0 bridgehead atoms. The molecular formula is C15H18Cl3N3O3. The number of ether oxygens (including phenoxy) is 1. The summed E-state index contributed by atoms with van der Waals surface area (Å²) in [6, 6.07) is 0.226. The van der Waals surface area contributed by atoms with Gasteiger partial charge in [-0.1, -0.05) is 34.8 Å². The maximum absolute atomic E-state index is 12.4. The molecule has 2 rings (SSSR count). The molecule has 2 heterocycles. The zero-order valence-electron chi connectivity index (χ0n) is 13.3. The fraction of sp³-hybridized carbons (Fsp3) is 0.533. The summed E-state index contributed by atoms with van der Waals surface area (Å²) in [5.74, 6) is -1.14. The fourth-order valence-electron chi connectivity index (χ4n) is 2.85. The maximum Gasteiger partial charge on any atom is 0.359 e. The van der Waals surface area contributed by atoms with Gasteiger partial charge in [0.15, 0.2) is 17.5 Å². The summed E-state index contributed by atoms with van der Waals surface area (Å²) >= 11 is 17.5. The lowest BCUT2D eigenvalue weighted by Gasteiger charge is -2.38. The molecule has 1 aromatic heterocycles. The number of nitrogen functional groups attached to an aromatic ring is 1. The van der Waals surface area contributed by atoms with Crippen molar-refractivity contribution in [3.8, 4) is 0 Å². The third-order valence-electron chi connectivity index (χ3n) is 4.07. The SMILES string of the molecule is C[C@@H]1CCC[C@H](C)N1C(=O)COC(=O)c1nc(Cl)c(Cl)c(N)c1Cl. The van der Waals surface area contributed by atoms with Gasteiger partial charge in [0.1, 0.15) is 5.02 Å². The van der Waals surface area contributed by atoms with Crippen molar-refractivity contribution >= 4 is 52.4 Å². The molecule has 1 aliphatic heterocycles. The van der Waals surface area contributed by atoms with Crippen LogP contribution in [0, 0.1) is 0 Å². The average molecular weight is 395 g/mol. The Bertz CT molecular complexity index is 659. The lowest BCUT2D eigenvalue weighted by Crippen LogP contribution is -2.49. The number of pyridine rings is 1. The van der Waals surface area contributed by atoms with Crippen molar-refractivity contribution in [2.45, 2.75) is 45.2 Å². The first-order chi connectivity index (χ1) is 11.2. The zero-order valence-corrected chi connectivity index (χ0v) is 15.6. The minimum Gasteiger partial charge on any atom is -0.451 e. The monoisotopic (exact) mass is 393 g/mol. The molecule has 9 heteroatoms. The standard InChI is InChI=1S/C15H18Cl3N3O3/c1-7-4-3-5-8(2)21(7)9(22)6-24-15(23)13-10(16)12(19)11(17)14(18)20-13/h7-8H,3-6H2,1-2H3,(H2,19,20)/t7-,8+. The number of aromatic nitrogens is 1. The average Bonchev–Trinajstić information content (AvgIpc) is 2.53. The first-order valence-electron chi connectivity index (χ1n) is 7.52. The summed E-state index contributed by atoms with van der Waals surface area (Å²) in [7, 11) is 0. The molecule has 2 atom stereocenters. The molecule has 132 valence electrons. The topological polar surface area (TPSA) is 85.5 Å². The number of anilines is 1. The van der Waals surface area contributed by atoms with Crippen LogP contribution in [0.4, 0.5) is 5.69 Å². The van der Waals surface area contributed by atoms with Crippen LogP contribution in [0.3, 0.4) is 0 Å².